The normalized spacial score (nSPS) is 26.0. The van der Waals surface area contributed by atoms with E-state index in [-0.39, 0.29) is 0 Å². The van der Waals surface area contributed by atoms with Crippen LogP contribution in [0.4, 0.5) is 0 Å². The summed E-state index contributed by atoms with van der Waals surface area (Å²) in [5.41, 5.74) is 0.765. The van der Waals surface area contributed by atoms with E-state index in [2.05, 4.69) is 31.0 Å². The Morgan fingerprint density at radius 2 is 1.56 bits per heavy atom. The van der Waals surface area contributed by atoms with Crippen molar-refractivity contribution >= 4 is 0 Å². The van der Waals surface area contributed by atoms with E-state index in [1.807, 2.05) is 0 Å². The van der Waals surface area contributed by atoms with E-state index in [4.69, 9.17) is 0 Å². The molecule has 0 aromatic heterocycles. The molecule has 1 aliphatic heterocycles. The first kappa shape index (κ1) is 14.3. The molecule has 2 rings (SSSR count). The van der Waals surface area contributed by atoms with Gasteiger partial charge in [0, 0.05) is 12.6 Å². The Kier molecular flexibility index (Phi) is 5.08. The predicted octanol–water partition coefficient (Wildman–Crippen LogP) is 3.28. The fourth-order valence-corrected chi connectivity index (χ4v) is 3.77. The van der Waals surface area contributed by atoms with Gasteiger partial charge in [0.15, 0.2) is 0 Å². The number of rotatable bonds is 5. The molecule has 2 fully saturated rings. The van der Waals surface area contributed by atoms with Gasteiger partial charge in [-0.2, -0.15) is 0 Å². The first-order valence-electron chi connectivity index (χ1n) is 8.06. The van der Waals surface area contributed by atoms with Crippen LogP contribution in [0.2, 0.25) is 0 Å². The quantitative estimate of drug-likeness (QED) is 0.808. The highest BCUT2D eigenvalue weighted by atomic mass is 15.2. The van der Waals surface area contributed by atoms with Crippen LogP contribution in [0.5, 0.6) is 0 Å². The number of piperidine rings is 1. The van der Waals surface area contributed by atoms with Crippen molar-refractivity contribution in [2.45, 2.75) is 65.3 Å². The van der Waals surface area contributed by atoms with Crippen LogP contribution in [0.1, 0.15) is 59.3 Å². The maximum atomic E-state index is 3.60. The first-order valence-corrected chi connectivity index (χ1v) is 8.06. The largest absolute Gasteiger partial charge is 0.315 e. The van der Waals surface area contributed by atoms with Crippen LogP contribution in [0, 0.1) is 11.3 Å². The SMILES string of the molecule is CC(C)CNCC(C)N1CCC2(CCCC2)CC1. The van der Waals surface area contributed by atoms with Gasteiger partial charge in [-0.05, 0) is 63.6 Å². The lowest BCUT2D eigenvalue weighted by Gasteiger charge is -2.42. The highest BCUT2D eigenvalue weighted by Crippen LogP contribution is 2.46. The predicted molar refractivity (Wildman–Crippen MR) is 78.9 cm³/mol. The number of likely N-dealkylation sites (tertiary alicyclic amines) is 1. The van der Waals surface area contributed by atoms with Gasteiger partial charge >= 0.3 is 0 Å². The standard InChI is InChI=1S/C16H32N2/c1-14(2)12-17-13-15(3)18-10-8-16(9-11-18)6-4-5-7-16/h14-15,17H,4-13H2,1-3H3. The van der Waals surface area contributed by atoms with Crippen molar-refractivity contribution < 1.29 is 0 Å². The zero-order valence-corrected chi connectivity index (χ0v) is 12.7. The molecular formula is C16H32N2. The van der Waals surface area contributed by atoms with E-state index in [0.717, 1.165) is 24.4 Å². The third-order valence-electron chi connectivity index (χ3n) is 5.14. The molecule has 0 amide bonds. The second-order valence-electron chi connectivity index (χ2n) is 7.14. The second kappa shape index (κ2) is 6.38. The molecule has 2 heteroatoms. The molecule has 2 aliphatic rings. The van der Waals surface area contributed by atoms with Crippen LogP contribution < -0.4 is 5.32 Å². The zero-order chi connectivity index (χ0) is 13.0. The minimum absolute atomic E-state index is 0.711. The summed E-state index contributed by atoms with van der Waals surface area (Å²) in [6.45, 7) is 11.9. The third-order valence-corrected chi connectivity index (χ3v) is 5.14. The van der Waals surface area contributed by atoms with Gasteiger partial charge < -0.3 is 5.32 Å². The van der Waals surface area contributed by atoms with Gasteiger partial charge in [0.2, 0.25) is 0 Å². The van der Waals surface area contributed by atoms with Crippen LogP contribution in [0.3, 0.4) is 0 Å². The Bertz CT molecular complexity index is 233. The molecule has 106 valence electrons. The molecule has 1 unspecified atom stereocenters. The molecule has 1 heterocycles. The lowest BCUT2D eigenvalue weighted by atomic mass is 9.77. The van der Waals surface area contributed by atoms with Gasteiger partial charge in [0.05, 0.1) is 0 Å². The molecule has 2 nitrogen and oxygen atoms in total. The van der Waals surface area contributed by atoms with Crippen molar-refractivity contribution in [2.24, 2.45) is 11.3 Å². The van der Waals surface area contributed by atoms with Gasteiger partial charge in [-0.25, -0.2) is 0 Å². The number of hydrogen-bond acceptors (Lipinski definition) is 2. The minimum Gasteiger partial charge on any atom is -0.315 e. The number of hydrogen-bond donors (Lipinski definition) is 1. The van der Waals surface area contributed by atoms with Gasteiger partial charge in [-0.15, -0.1) is 0 Å². The van der Waals surface area contributed by atoms with Crippen LogP contribution in [0.15, 0.2) is 0 Å². The second-order valence-corrected chi connectivity index (χ2v) is 7.14. The molecule has 1 saturated carbocycles. The Morgan fingerprint density at radius 1 is 0.944 bits per heavy atom. The van der Waals surface area contributed by atoms with Gasteiger partial charge in [0.25, 0.3) is 0 Å². The van der Waals surface area contributed by atoms with Crippen molar-refractivity contribution in [3.63, 3.8) is 0 Å². The number of nitrogens with zero attached hydrogens (tertiary/aromatic N) is 1. The first-order chi connectivity index (χ1) is 8.61. The van der Waals surface area contributed by atoms with E-state index in [0.29, 0.717) is 6.04 Å². The summed E-state index contributed by atoms with van der Waals surface area (Å²) in [5.74, 6) is 0.764. The van der Waals surface area contributed by atoms with Crippen LogP contribution in [-0.2, 0) is 0 Å². The summed E-state index contributed by atoms with van der Waals surface area (Å²) in [6.07, 6.45) is 8.93. The maximum Gasteiger partial charge on any atom is 0.0192 e. The smallest absolute Gasteiger partial charge is 0.0192 e. The van der Waals surface area contributed by atoms with Crippen molar-refractivity contribution in [3.05, 3.63) is 0 Å². The summed E-state index contributed by atoms with van der Waals surface area (Å²) >= 11 is 0. The van der Waals surface area contributed by atoms with Crippen LogP contribution in [0.25, 0.3) is 0 Å². The van der Waals surface area contributed by atoms with E-state index in [9.17, 15) is 0 Å². The van der Waals surface area contributed by atoms with Crippen molar-refractivity contribution in [1.29, 1.82) is 0 Å². The Labute approximate surface area is 114 Å². The summed E-state index contributed by atoms with van der Waals surface area (Å²) < 4.78 is 0. The summed E-state index contributed by atoms with van der Waals surface area (Å²) in [4.78, 5) is 2.71. The lowest BCUT2D eigenvalue weighted by molar-refractivity contribution is 0.0810. The molecule has 1 atom stereocenters. The highest BCUT2D eigenvalue weighted by Gasteiger charge is 2.37. The van der Waals surface area contributed by atoms with Crippen molar-refractivity contribution in [2.75, 3.05) is 26.2 Å². The fraction of sp³-hybridized carbons (Fsp3) is 1.00. The fourth-order valence-electron chi connectivity index (χ4n) is 3.77. The molecule has 1 N–H and O–H groups in total. The average Bonchev–Trinajstić information content (AvgIpc) is 2.78. The van der Waals surface area contributed by atoms with Gasteiger partial charge in [-0.3, -0.25) is 4.90 Å². The van der Waals surface area contributed by atoms with E-state index < -0.39 is 0 Å². The molecular weight excluding hydrogens is 220 g/mol. The molecule has 0 aromatic carbocycles. The Balaban J connectivity index is 1.68. The van der Waals surface area contributed by atoms with Gasteiger partial charge in [0.1, 0.15) is 0 Å². The van der Waals surface area contributed by atoms with E-state index >= 15 is 0 Å². The molecule has 0 radical (unpaired) electrons. The molecule has 0 aromatic rings. The van der Waals surface area contributed by atoms with E-state index in [1.54, 1.807) is 0 Å². The van der Waals surface area contributed by atoms with E-state index in [1.165, 1.54) is 51.6 Å². The summed E-state index contributed by atoms with van der Waals surface area (Å²) in [7, 11) is 0. The molecule has 18 heavy (non-hydrogen) atoms. The lowest BCUT2D eigenvalue weighted by Crippen LogP contribution is -2.47. The minimum atomic E-state index is 0.711. The summed E-state index contributed by atoms with van der Waals surface area (Å²) in [5, 5.41) is 3.60. The monoisotopic (exact) mass is 252 g/mol. The third kappa shape index (κ3) is 3.71. The van der Waals surface area contributed by atoms with Crippen LogP contribution >= 0.6 is 0 Å². The summed E-state index contributed by atoms with van der Waals surface area (Å²) in [6, 6.07) is 0.711. The van der Waals surface area contributed by atoms with Crippen molar-refractivity contribution in [1.82, 2.24) is 10.2 Å². The molecule has 1 saturated heterocycles. The number of nitrogens with one attached hydrogen (secondary N) is 1. The van der Waals surface area contributed by atoms with Crippen LogP contribution in [-0.4, -0.2) is 37.1 Å². The molecule has 1 aliphatic carbocycles. The zero-order valence-electron chi connectivity index (χ0n) is 12.7. The topological polar surface area (TPSA) is 15.3 Å². The molecule has 0 bridgehead atoms. The highest BCUT2D eigenvalue weighted by molar-refractivity contribution is 4.90. The Morgan fingerprint density at radius 3 is 2.11 bits per heavy atom. The molecule has 1 spiro atoms. The average molecular weight is 252 g/mol. The van der Waals surface area contributed by atoms with Crippen molar-refractivity contribution in [3.8, 4) is 0 Å². The van der Waals surface area contributed by atoms with Gasteiger partial charge in [-0.1, -0.05) is 26.7 Å². The Hall–Kier alpha value is -0.0800. The maximum absolute atomic E-state index is 3.60.